The van der Waals surface area contributed by atoms with Crippen LogP contribution in [0.1, 0.15) is 15.4 Å². The maximum absolute atomic E-state index is 13.0. The van der Waals surface area contributed by atoms with Crippen molar-refractivity contribution in [3.05, 3.63) is 45.4 Å². The minimum atomic E-state index is -4.70. The van der Waals surface area contributed by atoms with E-state index in [1.165, 1.54) is 10.8 Å². The predicted molar refractivity (Wildman–Crippen MR) is 103 cm³/mol. The number of rotatable bonds is 6. The van der Waals surface area contributed by atoms with E-state index in [-0.39, 0.29) is 22.4 Å². The fourth-order valence-corrected chi connectivity index (χ4v) is 3.83. The van der Waals surface area contributed by atoms with E-state index in [4.69, 9.17) is 31.6 Å². The van der Waals surface area contributed by atoms with Crippen LogP contribution in [0, 0.1) is 0 Å². The third kappa shape index (κ3) is 4.08. The molecule has 0 unspecified atom stereocenters. The van der Waals surface area contributed by atoms with Crippen LogP contribution in [0.25, 0.3) is 22.4 Å². The van der Waals surface area contributed by atoms with Crippen LogP contribution in [0.5, 0.6) is 0 Å². The molecule has 1 aromatic carbocycles. The molecule has 0 spiro atoms. The quantitative estimate of drug-likeness (QED) is 0.290. The van der Waals surface area contributed by atoms with Crippen molar-refractivity contribution in [3.8, 4) is 11.5 Å². The second-order valence-corrected chi connectivity index (χ2v) is 8.28. The monoisotopic (exact) mass is 455 g/mol. The van der Waals surface area contributed by atoms with Crippen molar-refractivity contribution in [3.63, 3.8) is 0 Å². The largest absolute Gasteiger partial charge is 0.471 e. The molecule has 0 saturated carbocycles. The third-order valence-corrected chi connectivity index (χ3v) is 5.35. The summed E-state index contributed by atoms with van der Waals surface area (Å²) in [6.45, 7) is -0.457. The lowest BCUT2D eigenvalue weighted by Gasteiger charge is -2.07. The molecule has 0 aliphatic heterocycles. The maximum Gasteiger partial charge on any atom is 0.471 e. The number of carbonyl (C=O) groups is 1. The lowest BCUT2D eigenvalue weighted by atomic mass is 10.1. The van der Waals surface area contributed by atoms with Crippen LogP contribution in [-0.2, 0) is 15.8 Å². The molecule has 0 atom stereocenters. The Balaban J connectivity index is 1.73. The van der Waals surface area contributed by atoms with E-state index in [1.54, 1.807) is 23.6 Å². The second kappa shape index (κ2) is 7.34. The Labute approximate surface area is 170 Å². The Morgan fingerprint density at radius 2 is 2.17 bits per heavy atom. The number of phosphoric acid groups is 1. The SMILES string of the molecule is Nc1nc(-c2csc(C(=O)c3cn(COP(=O)(O)O)c4ccc(Cl)cc34)n2)no1. The molecule has 4 rings (SSSR count). The topological polar surface area (TPSA) is 167 Å². The Bertz CT molecular complexity index is 1280. The fourth-order valence-electron chi connectivity index (χ4n) is 2.63. The zero-order valence-electron chi connectivity index (χ0n) is 14.2. The van der Waals surface area contributed by atoms with Gasteiger partial charge in [0.25, 0.3) is 0 Å². The molecule has 0 fully saturated rings. The summed E-state index contributed by atoms with van der Waals surface area (Å²) in [5, 5.41) is 6.26. The van der Waals surface area contributed by atoms with Gasteiger partial charge in [-0.25, -0.2) is 9.55 Å². The predicted octanol–water partition coefficient (Wildman–Crippen LogP) is 2.68. The van der Waals surface area contributed by atoms with Crippen LogP contribution in [0.15, 0.2) is 34.3 Å². The lowest BCUT2D eigenvalue weighted by Crippen LogP contribution is -2.02. The standard InChI is InChI=1S/C15H11ClN5O6PS/c16-7-1-2-11-8(3-7)9(4-21(11)6-26-28(23,24)25)12(22)14-18-10(5-29-14)13-19-15(17)27-20-13/h1-5H,6H2,(H2,17,19,20)(H2,23,24,25). The van der Waals surface area contributed by atoms with Crippen molar-refractivity contribution >= 4 is 53.5 Å². The number of carbonyl (C=O) groups excluding carboxylic acids is 1. The number of anilines is 1. The molecule has 0 aliphatic rings. The Hall–Kier alpha value is -2.60. The van der Waals surface area contributed by atoms with Crippen LogP contribution >= 0.6 is 30.8 Å². The summed E-state index contributed by atoms with van der Waals surface area (Å²) < 4.78 is 21.7. The van der Waals surface area contributed by atoms with E-state index in [0.717, 1.165) is 11.3 Å². The highest BCUT2D eigenvalue weighted by atomic mass is 35.5. The molecule has 4 aromatic rings. The van der Waals surface area contributed by atoms with E-state index in [1.807, 2.05) is 0 Å². The number of phosphoric ester groups is 1. The Morgan fingerprint density at radius 1 is 1.38 bits per heavy atom. The van der Waals surface area contributed by atoms with E-state index in [0.29, 0.717) is 21.6 Å². The van der Waals surface area contributed by atoms with Crippen molar-refractivity contribution < 1.29 is 28.2 Å². The molecule has 0 amide bonds. The average Bonchev–Trinajstić information content (AvgIpc) is 3.36. The van der Waals surface area contributed by atoms with Crippen LogP contribution in [0.2, 0.25) is 5.02 Å². The summed E-state index contributed by atoms with van der Waals surface area (Å²) in [7, 11) is -4.70. The van der Waals surface area contributed by atoms with Gasteiger partial charge in [0.15, 0.2) is 5.01 Å². The highest BCUT2D eigenvalue weighted by Gasteiger charge is 2.22. The van der Waals surface area contributed by atoms with Crippen molar-refractivity contribution in [2.75, 3.05) is 5.73 Å². The number of hydrogen-bond acceptors (Lipinski definition) is 9. The zero-order chi connectivity index (χ0) is 20.8. The van der Waals surface area contributed by atoms with Crippen molar-refractivity contribution in [2.24, 2.45) is 0 Å². The summed E-state index contributed by atoms with van der Waals surface area (Å²) in [6, 6.07) is 4.66. The zero-order valence-corrected chi connectivity index (χ0v) is 16.7. The lowest BCUT2D eigenvalue weighted by molar-refractivity contribution is 0.103. The van der Waals surface area contributed by atoms with Crippen LogP contribution in [0.4, 0.5) is 6.01 Å². The number of hydrogen-bond donors (Lipinski definition) is 3. The molecule has 0 saturated heterocycles. The van der Waals surface area contributed by atoms with Gasteiger partial charge in [0.1, 0.15) is 12.4 Å². The van der Waals surface area contributed by atoms with Gasteiger partial charge in [-0.2, -0.15) is 4.98 Å². The van der Waals surface area contributed by atoms with Crippen LogP contribution in [0.3, 0.4) is 0 Å². The summed E-state index contributed by atoms with van der Waals surface area (Å²) in [5.74, 6) is -0.266. The molecular weight excluding hydrogens is 445 g/mol. The molecule has 3 heterocycles. The van der Waals surface area contributed by atoms with Gasteiger partial charge < -0.3 is 24.6 Å². The van der Waals surface area contributed by atoms with Gasteiger partial charge in [-0.3, -0.25) is 9.32 Å². The molecule has 0 aliphatic carbocycles. The molecular formula is C15H11ClN5O6PS. The van der Waals surface area contributed by atoms with E-state index in [2.05, 4.69) is 19.6 Å². The van der Waals surface area contributed by atoms with Crippen LogP contribution in [-0.4, -0.2) is 35.3 Å². The minimum absolute atomic E-state index is 0.122. The average molecular weight is 456 g/mol. The number of benzene rings is 1. The van der Waals surface area contributed by atoms with Crippen molar-refractivity contribution in [1.29, 1.82) is 0 Å². The van der Waals surface area contributed by atoms with Gasteiger partial charge in [0.05, 0.1) is 11.1 Å². The van der Waals surface area contributed by atoms with Gasteiger partial charge in [-0.15, -0.1) is 11.3 Å². The summed E-state index contributed by atoms with van der Waals surface area (Å²) in [6.07, 6.45) is 1.42. The fraction of sp³-hybridized carbons (Fsp3) is 0.0667. The van der Waals surface area contributed by atoms with E-state index >= 15 is 0 Å². The number of nitrogens with zero attached hydrogens (tertiary/aromatic N) is 4. The molecule has 0 radical (unpaired) electrons. The number of nitrogens with two attached hydrogens (primary N) is 1. The first-order valence-electron chi connectivity index (χ1n) is 7.79. The molecule has 14 heteroatoms. The number of halogens is 1. The number of aromatic nitrogens is 4. The van der Waals surface area contributed by atoms with Gasteiger partial charge in [0, 0.05) is 22.0 Å². The third-order valence-electron chi connectivity index (χ3n) is 3.82. The number of thiazole rings is 1. The van der Waals surface area contributed by atoms with Crippen molar-refractivity contribution in [1.82, 2.24) is 19.7 Å². The first kappa shape index (κ1) is 19.7. The van der Waals surface area contributed by atoms with Crippen molar-refractivity contribution in [2.45, 2.75) is 6.73 Å². The first-order valence-corrected chi connectivity index (χ1v) is 10.6. The molecule has 11 nitrogen and oxygen atoms in total. The molecule has 29 heavy (non-hydrogen) atoms. The Kier molecular flexibility index (Phi) is 4.99. The summed E-state index contributed by atoms with van der Waals surface area (Å²) >= 11 is 7.13. The highest BCUT2D eigenvalue weighted by Crippen LogP contribution is 2.37. The van der Waals surface area contributed by atoms with Crippen LogP contribution < -0.4 is 5.73 Å². The molecule has 150 valence electrons. The molecule has 4 N–H and O–H groups in total. The second-order valence-electron chi connectivity index (χ2n) is 5.75. The Morgan fingerprint density at radius 3 is 2.86 bits per heavy atom. The number of ketones is 1. The van der Waals surface area contributed by atoms with Gasteiger partial charge in [-0.1, -0.05) is 16.8 Å². The summed E-state index contributed by atoms with van der Waals surface area (Å²) in [5.41, 5.74) is 6.47. The normalized spacial score (nSPS) is 12.0. The minimum Gasteiger partial charge on any atom is -0.351 e. The number of fused-ring (bicyclic) bond motifs is 1. The molecule has 3 aromatic heterocycles. The smallest absolute Gasteiger partial charge is 0.351 e. The van der Waals surface area contributed by atoms with Gasteiger partial charge in [-0.05, 0) is 18.2 Å². The molecule has 0 bridgehead atoms. The number of nitrogen functional groups attached to an aromatic ring is 1. The summed E-state index contributed by atoms with van der Waals surface area (Å²) in [4.78, 5) is 39.0. The highest BCUT2D eigenvalue weighted by molar-refractivity contribution is 7.46. The maximum atomic E-state index is 13.0. The first-order chi connectivity index (χ1) is 13.7. The van der Waals surface area contributed by atoms with Gasteiger partial charge >= 0.3 is 13.8 Å². The van der Waals surface area contributed by atoms with E-state index in [9.17, 15) is 9.36 Å². The van der Waals surface area contributed by atoms with Gasteiger partial charge in [0.2, 0.25) is 11.6 Å². The van der Waals surface area contributed by atoms with E-state index < -0.39 is 20.3 Å².